The van der Waals surface area contributed by atoms with Gasteiger partial charge in [-0.1, -0.05) is 20.8 Å². The lowest BCUT2D eigenvalue weighted by molar-refractivity contribution is 0.0595. The molecule has 0 amide bonds. The van der Waals surface area contributed by atoms with Crippen molar-refractivity contribution in [1.82, 2.24) is 10.2 Å². The van der Waals surface area contributed by atoms with Crippen LogP contribution < -0.4 is 5.32 Å². The molecule has 1 heterocycles. The van der Waals surface area contributed by atoms with Crippen LogP contribution in [0.4, 0.5) is 0 Å². The van der Waals surface area contributed by atoms with Gasteiger partial charge in [0.15, 0.2) is 0 Å². The number of nitrogens with one attached hydrogen (secondary N) is 1. The number of likely N-dealkylation sites (tertiary alicyclic amines) is 1. The van der Waals surface area contributed by atoms with Gasteiger partial charge in [0.05, 0.1) is 0 Å². The molecule has 0 aromatic rings. The Balaban J connectivity index is 2.51. The molecule has 2 heteroatoms. The normalized spacial score (nSPS) is 29.1. The van der Waals surface area contributed by atoms with Crippen LogP contribution in [0.2, 0.25) is 0 Å². The summed E-state index contributed by atoms with van der Waals surface area (Å²) in [6, 6.07) is 0. The molecule has 1 fully saturated rings. The van der Waals surface area contributed by atoms with E-state index in [2.05, 4.69) is 38.0 Å². The SMILES string of the molecule is CCN1CCC(CNC)C(C)(C)C1. The van der Waals surface area contributed by atoms with Crippen molar-refractivity contribution >= 4 is 0 Å². The fraction of sp³-hybridized carbons (Fsp3) is 1.00. The summed E-state index contributed by atoms with van der Waals surface area (Å²) in [5.41, 5.74) is 0.483. The monoisotopic (exact) mass is 184 g/mol. The van der Waals surface area contributed by atoms with Crippen LogP contribution in [0, 0.1) is 11.3 Å². The molecule has 0 radical (unpaired) electrons. The summed E-state index contributed by atoms with van der Waals surface area (Å²) >= 11 is 0. The van der Waals surface area contributed by atoms with Gasteiger partial charge in [0.2, 0.25) is 0 Å². The van der Waals surface area contributed by atoms with E-state index in [1.54, 1.807) is 0 Å². The number of hydrogen-bond donors (Lipinski definition) is 1. The second kappa shape index (κ2) is 4.43. The maximum absolute atomic E-state index is 3.31. The zero-order valence-electron chi connectivity index (χ0n) is 9.56. The van der Waals surface area contributed by atoms with Gasteiger partial charge >= 0.3 is 0 Å². The van der Waals surface area contributed by atoms with Crippen molar-refractivity contribution < 1.29 is 0 Å². The maximum atomic E-state index is 3.31. The Labute approximate surface area is 82.7 Å². The van der Waals surface area contributed by atoms with Crippen molar-refractivity contribution in [2.24, 2.45) is 11.3 Å². The summed E-state index contributed by atoms with van der Waals surface area (Å²) in [5, 5.41) is 3.31. The Kier molecular flexibility index (Phi) is 3.74. The van der Waals surface area contributed by atoms with Gasteiger partial charge in [0.1, 0.15) is 0 Å². The summed E-state index contributed by atoms with van der Waals surface area (Å²) in [6.07, 6.45) is 1.35. The molecule has 0 aliphatic carbocycles. The Morgan fingerprint density at radius 1 is 1.46 bits per heavy atom. The van der Waals surface area contributed by atoms with Crippen LogP contribution in [0.25, 0.3) is 0 Å². The molecule has 0 spiro atoms. The van der Waals surface area contributed by atoms with Gasteiger partial charge < -0.3 is 10.2 Å². The minimum absolute atomic E-state index is 0.483. The molecule has 2 nitrogen and oxygen atoms in total. The van der Waals surface area contributed by atoms with Crippen LogP contribution in [-0.2, 0) is 0 Å². The van der Waals surface area contributed by atoms with Gasteiger partial charge in [-0.3, -0.25) is 0 Å². The predicted octanol–water partition coefficient (Wildman–Crippen LogP) is 1.57. The largest absolute Gasteiger partial charge is 0.319 e. The third kappa shape index (κ3) is 2.68. The molecule has 13 heavy (non-hydrogen) atoms. The first kappa shape index (κ1) is 11.0. The fourth-order valence-electron chi connectivity index (χ4n) is 2.41. The highest BCUT2D eigenvalue weighted by Gasteiger charge is 2.34. The summed E-state index contributed by atoms with van der Waals surface area (Å²) in [5.74, 6) is 0.847. The molecule has 1 atom stereocenters. The van der Waals surface area contributed by atoms with Crippen LogP contribution in [0.15, 0.2) is 0 Å². The molecule has 1 aliphatic heterocycles. The first-order chi connectivity index (χ1) is 6.10. The van der Waals surface area contributed by atoms with Gasteiger partial charge in [-0.25, -0.2) is 0 Å². The molecule has 1 unspecified atom stereocenters. The lowest BCUT2D eigenvalue weighted by Crippen LogP contribution is -2.48. The average Bonchev–Trinajstić information content (AvgIpc) is 2.08. The second-order valence-corrected chi connectivity index (χ2v) is 4.90. The molecular weight excluding hydrogens is 160 g/mol. The van der Waals surface area contributed by atoms with E-state index in [9.17, 15) is 0 Å². The first-order valence-electron chi connectivity index (χ1n) is 5.47. The molecule has 1 saturated heterocycles. The first-order valence-corrected chi connectivity index (χ1v) is 5.47. The van der Waals surface area contributed by atoms with E-state index >= 15 is 0 Å². The van der Waals surface area contributed by atoms with Gasteiger partial charge in [-0.15, -0.1) is 0 Å². The highest BCUT2D eigenvalue weighted by Crippen LogP contribution is 2.34. The quantitative estimate of drug-likeness (QED) is 0.716. The number of hydrogen-bond acceptors (Lipinski definition) is 2. The number of piperidine rings is 1. The van der Waals surface area contributed by atoms with Crippen LogP contribution in [-0.4, -0.2) is 38.1 Å². The van der Waals surface area contributed by atoms with E-state index in [0.29, 0.717) is 5.41 Å². The van der Waals surface area contributed by atoms with E-state index in [1.165, 1.54) is 32.6 Å². The highest BCUT2D eigenvalue weighted by atomic mass is 15.1. The van der Waals surface area contributed by atoms with Crippen LogP contribution in [0.3, 0.4) is 0 Å². The smallest absolute Gasteiger partial charge is 0.00357 e. The highest BCUT2D eigenvalue weighted by molar-refractivity contribution is 4.87. The molecule has 0 saturated carbocycles. The second-order valence-electron chi connectivity index (χ2n) is 4.90. The van der Waals surface area contributed by atoms with E-state index in [0.717, 1.165) is 5.92 Å². The van der Waals surface area contributed by atoms with Crippen molar-refractivity contribution in [3.63, 3.8) is 0 Å². The van der Waals surface area contributed by atoms with E-state index in [4.69, 9.17) is 0 Å². The number of rotatable bonds is 3. The van der Waals surface area contributed by atoms with Crippen LogP contribution >= 0.6 is 0 Å². The third-order valence-electron chi connectivity index (χ3n) is 3.43. The Morgan fingerprint density at radius 2 is 2.15 bits per heavy atom. The average molecular weight is 184 g/mol. The van der Waals surface area contributed by atoms with E-state index in [1.807, 2.05) is 0 Å². The minimum Gasteiger partial charge on any atom is -0.319 e. The van der Waals surface area contributed by atoms with E-state index in [-0.39, 0.29) is 0 Å². The van der Waals surface area contributed by atoms with Crippen molar-refractivity contribution in [2.75, 3.05) is 33.2 Å². The van der Waals surface area contributed by atoms with Crippen LogP contribution in [0.5, 0.6) is 0 Å². The molecule has 0 bridgehead atoms. The summed E-state index contributed by atoms with van der Waals surface area (Å²) < 4.78 is 0. The number of nitrogens with zero attached hydrogens (tertiary/aromatic N) is 1. The van der Waals surface area contributed by atoms with E-state index < -0.39 is 0 Å². The van der Waals surface area contributed by atoms with Gasteiger partial charge in [-0.05, 0) is 44.4 Å². The summed E-state index contributed by atoms with van der Waals surface area (Å²) in [6.45, 7) is 12.0. The predicted molar refractivity (Wildman–Crippen MR) is 57.9 cm³/mol. The molecule has 0 aromatic carbocycles. The lowest BCUT2D eigenvalue weighted by Gasteiger charge is -2.44. The van der Waals surface area contributed by atoms with Crippen molar-refractivity contribution in [3.8, 4) is 0 Å². The van der Waals surface area contributed by atoms with Crippen molar-refractivity contribution in [1.29, 1.82) is 0 Å². The standard InChI is InChI=1S/C11H24N2/c1-5-13-7-6-10(8-12-4)11(2,3)9-13/h10,12H,5-9H2,1-4H3. The summed E-state index contributed by atoms with van der Waals surface area (Å²) in [4.78, 5) is 2.56. The zero-order valence-corrected chi connectivity index (χ0v) is 9.56. The minimum atomic E-state index is 0.483. The topological polar surface area (TPSA) is 15.3 Å². The Bertz CT molecular complexity index is 154. The van der Waals surface area contributed by atoms with Crippen molar-refractivity contribution in [3.05, 3.63) is 0 Å². The Hall–Kier alpha value is -0.0800. The van der Waals surface area contributed by atoms with Crippen molar-refractivity contribution in [2.45, 2.75) is 27.2 Å². The van der Waals surface area contributed by atoms with Gasteiger partial charge in [0, 0.05) is 6.54 Å². The molecule has 1 rings (SSSR count). The lowest BCUT2D eigenvalue weighted by atomic mass is 9.74. The molecule has 1 N–H and O–H groups in total. The summed E-state index contributed by atoms with van der Waals surface area (Å²) in [7, 11) is 2.06. The molecule has 78 valence electrons. The van der Waals surface area contributed by atoms with Gasteiger partial charge in [-0.2, -0.15) is 0 Å². The zero-order chi connectivity index (χ0) is 9.90. The fourth-order valence-corrected chi connectivity index (χ4v) is 2.41. The third-order valence-corrected chi connectivity index (χ3v) is 3.43. The van der Waals surface area contributed by atoms with Crippen LogP contribution in [0.1, 0.15) is 27.2 Å². The van der Waals surface area contributed by atoms with Gasteiger partial charge in [0.25, 0.3) is 0 Å². The maximum Gasteiger partial charge on any atom is 0.00357 e. The molecular formula is C11H24N2. The molecule has 0 aromatic heterocycles. The Morgan fingerprint density at radius 3 is 2.62 bits per heavy atom. The molecule has 1 aliphatic rings.